The number of amides is 3. The van der Waals surface area contributed by atoms with E-state index >= 15 is 0 Å². The first-order chi connectivity index (χ1) is 16.7. The van der Waals surface area contributed by atoms with E-state index in [4.69, 9.17) is 0 Å². The monoisotopic (exact) mass is 565 g/mol. The van der Waals surface area contributed by atoms with Gasteiger partial charge < -0.3 is 20.6 Å². The molecule has 0 aromatic heterocycles. The highest BCUT2D eigenvalue weighted by molar-refractivity contribution is 9.09. The standard InChI is InChI=1S/C26H36BrN3O4S/c1-4-5-11-28-24(33)22-26-13-18(27)21(35-26)19(23(32)29-16-9-7-6-8-10-16)20(26)25(34)30(22)17(14-31)12-15(2)3/h6-10,15,17-22,31H,4-5,11-14H2,1-3H3,(H,28,33)(H,29,32)/t17-,18?,19-,20+,21-,22?,26?/m1/s1. The molecule has 7 atom stereocenters. The highest BCUT2D eigenvalue weighted by atomic mass is 79.9. The van der Waals surface area contributed by atoms with E-state index in [2.05, 4.69) is 33.5 Å². The predicted octanol–water partition coefficient (Wildman–Crippen LogP) is 3.41. The molecule has 4 rings (SSSR count). The zero-order valence-electron chi connectivity index (χ0n) is 20.6. The van der Waals surface area contributed by atoms with Crippen LogP contribution in [0.4, 0.5) is 5.69 Å². The molecule has 3 heterocycles. The van der Waals surface area contributed by atoms with E-state index in [9.17, 15) is 19.5 Å². The van der Waals surface area contributed by atoms with Gasteiger partial charge in [-0.2, -0.15) is 0 Å². The average Bonchev–Trinajstić information content (AvgIpc) is 3.41. The third kappa shape index (κ3) is 4.76. The molecule has 3 aliphatic heterocycles. The van der Waals surface area contributed by atoms with E-state index in [1.807, 2.05) is 44.2 Å². The number of halogens is 1. The Bertz CT molecular complexity index is 948. The van der Waals surface area contributed by atoms with Crippen molar-refractivity contribution in [3.05, 3.63) is 30.3 Å². The predicted molar refractivity (Wildman–Crippen MR) is 142 cm³/mol. The minimum absolute atomic E-state index is 0.0200. The number of nitrogens with zero attached hydrogens (tertiary/aromatic N) is 1. The zero-order valence-corrected chi connectivity index (χ0v) is 23.0. The maximum Gasteiger partial charge on any atom is 0.244 e. The number of hydrogen-bond acceptors (Lipinski definition) is 5. The van der Waals surface area contributed by atoms with Crippen molar-refractivity contribution in [1.29, 1.82) is 0 Å². The molecule has 35 heavy (non-hydrogen) atoms. The molecule has 0 radical (unpaired) electrons. The summed E-state index contributed by atoms with van der Waals surface area (Å²) in [5.74, 6) is -1.45. The molecule has 0 saturated carbocycles. The second kappa shape index (κ2) is 10.8. The van der Waals surface area contributed by atoms with Gasteiger partial charge in [0.2, 0.25) is 17.7 Å². The highest BCUT2D eigenvalue weighted by Crippen LogP contribution is 2.68. The smallest absolute Gasteiger partial charge is 0.244 e. The first-order valence-electron chi connectivity index (χ1n) is 12.6. The minimum Gasteiger partial charge on any atom is -0.394 e. The number of anilines is 1. The van der Waals surface area contributed by atoms with E-state index in [-0.39, 0.29) is 40.3 Å². The van der Waals surface area contributed by atoms with E-state index in [1.54, 1.807) is 16.7 Å². The van der Waals surface area contributed by atoms with Crippen molar-refractivity contribution in [2.24, 2.45) is 17.8 Å². The van der Waals surface area contributed by atoms with Gasteiger partial charge in [-0.3, -0.25) is 14.4 Å². The fraction of sp³-hybridized carbons (Fsp3) is 0.654. The van der Waals surface area contributed by atoms with Crippen LogP contribution in [-0.2, 0) is 14.4 Å². The molecule has 1 aromatic carbocycles. The Morgan fingerprint density at radius 3 is 2.60 bits per heavy atom. The van der Waals surface area contributed by atoms with Crippen molar-refractivity contribution >= 4 is 51.1 Å². The van der Waals surface area contributed by atoms with Crippen LogP contribution in [0.15, 0.2) is 30.3 Å². The number of likely N-dealkylation sites (tertiary alicyclic amines) is 1. The number of benzene rings is 1. The summed E-state index contributed by atoms with van der Waals surface area (Å²) >= 11 is 5.41. The van der Waals surface area contributed by atoms with Gasteiger partial charge >= 0.3 is 0 Å². The second-order valence-corrected chi connectivity index (χ2v) is 13.1. The molecule has 1 spiro atoms. The number of nitrogens with one attached hydrogen (secondary N) is 2. The SMILES string of the molecule is CCCCNC(=O)C1N([C@@H](CO)CC(C)C)C(=O)[C@@H]2[C@@H](C(=O)Nc3ccccc3)[C@@H]3SC12CC3Br. The fourth-order valence-electron chi connectivity index (χ4n) is 6.11. The lowest BCUT2D eigenvalue weighted by Crippen LogP contribution is -2.57. The van der Waals surface area contributed by atoms with Crippen molar-refractivity contribution < 1.29 is 19.5 Å². The van der Waals surface area contributed by atoms with Crippen LogP contribution >= 0.6 is 27.7 Å². The maximum atomic E-state index is 14.1. The molecule has 3 N–H and O–H groups in total. The van der Waals surface area contributed by atoms with Gasteiger partial charge in [0.25, 0.3) is 0 Å². The summed E-state index contributed by atoms with van der Waals surface area (Å²) in [4.78, 5) is 43.0. The number of aliphatic hydroxyl groups is 1. The Balaban J connectivity index is 1.71. The lowest BCUT2D eigenvalue weighted by molar-refractivity contribution is -0.142. The van der Waals surface area contributed by atoms with Crippen LogP contribution in [0.3, 0.4) is 0 Å². The number of unbranched alkanes of at least 4 members (excludes halogenated alkanes) is 1. The highest BCUT2D eigenvalue weighted by Gasteiger charge is 2.76. The largest absolute Gasteiger partial charge is 0.394 e. The summed E-state index contributed by atoms with van der Waals surface area (Å²) in [7, 11) is 0. The van der Waals surface area contributed by atoms with Gasteiger partial charge in [0, 0.05) is 22.3 Å². The molecule has 2 bridgehead atoms. The minimum atomic E-state index is -0.711. The Labute approximate surface area is 220 Å². The zero-order chi connectivity index (χ0) is 25.3. The van der Waals surface area contributed by atoms with Gasteiger partial charge in [-0.25, -0.2) is 0 Å². The molecule has 7 nitrogen and oxygen atoms in total. The van der Waals surface area contributed by atoms with Crippen LogP contribution in [-0.4, -0.2) is 67.8 Å². The number of fused-ring (bicyclic) bond motifs is 1. The van der Waals surface area contributed by atoms with Gasteiger partial charge in [0.05, 0.1) is 29.2 Å². The van der Waals surface area contributed by atoms with Crippen LogP contribution in [0.2, 0.25) is 0 Å². The lowest BCUT2D eigenvalue weighted by Gasteiger charge is -2.37. The third-order valence-electron chi connectivity index (χ3n) is 7.50. The van der Waals surface area contributed by atoms with Gasteiger partial charge in [0.15, 0.2) is 0 Å². The molecule has 1 aromatic rings. The topological polar surface area (TPSA) is 98.7 Å². The fourth-order valence-corrected chi connectivity index (χ4v) is 9.71. The van der Waals surface area contributed by atoms with E-state index in [0.717, 1.165) is 12.8 Å². The number of aliphatic hydroxyl groups excluding tert-OH is 1. The lowest BCUT2D eigenvalue weighted by atomic mass is 9.70. The summed E-state index contributed by atoms with van der Waals surface area (Å²) < 4.78 is -0.699. The van der Waals surface area contributed by atoms with Crippen molar-refractivity contribution in [2.45, 2.75) is 73.4 Å². The van der Waals surface area contributed by atoms with Crippen LogP contribution in [0, 0.1) is 17.8 Å². The summed E-state index contributed by atoms with van der Waals surface area (Å²) in [5, 5.41) is 16.3. The third-order valence-corrected chi connectivity index (χ3v) is 10.7. The second-order valence-electron chi connectivity index (χ2n) is 10.4. The van der Waals surface area contributed by atoms with Crippen molar-refractivity contribution in [1.82, 2.24) is 10.2 Å². The van der Waals surface area contributed by atoms with E-state index in [1.165, 1.54) is 0 Å². The number of rotatable bonds is 10. The van der Waals surface area contributed by atoms with Gasteiger partial charge in [0.1, 0.15) is 6.04 Å². The van der Waals surface area contributed by atoms with E-state index < -0.39 is 28.7 Å². The molecule has 0 aliphatic carbocycles. The molecule has 3 amide bonds. The van der Waals surface area contributed by atoms with Crippen LogP contribution in [0.25, 0.3) is 0 Å². The van der Waals surface area contributed by atoms with Crippen molar-refractivity contribution in [3.8, 4) is 0 Å². The van der Waals surface area contributed by atoms with E-state index in [0.29, 0.717) is 25.1 Å². The number of para-hydroxylation sites is 1. The molecule has 3 aliphatic rings. The molecule has 3 unspecified atom stereocenters. The number of carbonyl (C=O) groups excluding carboxylic acids is 3. The Morgan fingerprint density at radius 2 is 1.97 bits per heavy atom. The van der Waals surface area contributed by atoms with Gasteiger partial charge in [-0.05, 0) is 37.3 Å². The summed E-state index contributed by atoms with van der Waals surface area (Å²) in [6.45, 7) is 6.49. The number of thioether (sulfide) groups is 1. The van der Waals surface area contributed by atoms with Crippen LogP contribution in [0.5, 0.6) is 0 Å². The number of alkyl halides is 1. The molecule has 9 heteroatoms. The summed E-state index contributed by atoms with van der Waals surface area (Å²) in [6, 6.07) is 8.09. The Kier molecular flexibility index (Phi) is 8.18. The Morgan fingerprint density at radius 1 is 1.26 bits per heavy atom. The first kappa shape index (κ1) is 26.5. The Hall–Kier alpha value is -1.58. The number of carbonyl (C=O) groups is 3. The summed E-state index contributed by atoms with van der Waals surface area (Å²) in [6.07, 6.45) is 3.04. The first-order valence-corrected chi connectivity index (χ1v) is 14.4. The average molecular weight is 567 g/mol. The van der Waals surface area contributed by atoms with Crippen LogP contribution < -0.4 is 10.6 Å². The van der Waals surface area contributed by atoms with Gasteiger partial charge in [-0.15, -0.1) is 11.8 Å². The molecule has 3 saturated heterocycles. The van der Waals surface area contributed by atoms with Crippen molar-refractivity contribution in [2.75, 3.05) is 18.5 Å². The molecule has 3 fully saturated rings. The maximum absolute atomic E-state index is 14.1. The molecular formula is C26H36BrN3O4S. The van der Waals surface area contributed by atoms with Gasteiger partial charge in [-0.1, -0.05) is 61.3 Å². The molecule has 192 valence electrons. The normalized spacial score (nSPS) is 32.1. The van der Waals surface area contributed by atoms with Crippen LogP contribution in [0.1, 0.15) is 46.5 Å². The molecular weight excluding hydrogens is 530 g/mol. The quantitative estimate of drug-likeness (QED) is 0.298. The number of hydrogen-bond donors (Lipinski definition) is 3. The van der Waals surface area contributed by atoms with Crippen molar-refractivity contribution in [3.63, 3.8) is 0 Å². The summed E-state index contributed by atoms with van der Waals surface area (Å²) in [5.41, 5.74) is 0.689.